The van der Waals surface area contributed by atoms with Crippen molar-refractivity contribution in [3.63, 3.8) is 0 Å². The minimum atomic E-state index is -0.762. The Kier molecular flexibility index (Phi) is 57.1. The predicted molar refractivity (Wildman–Crippen MR) is 298 cm³/mol. The van der Waals surface area contributed by atoms with Crippen LogP contribution in [-0.4, -0.2) is 37.2 Å². The van der Waals surface area contributed by atoms with E-state index in [4.69, 9.17) is 14.2 Å². The summed E-state index contributed by atoms with van der Waals surface area (Å²) in [6, 6.07) is 0. The van der Waals surface area contributed by atoms with E-state index in [0.717, 1.165) is 57.8 Å². The van der Waals surface area contributed by atoms with E-state index in [9.17, 15) is 14.4 Å². The Morgan fingerprint density at radius 1 is 0.275 bits per heavy atom. The number of rotatable bonds is 58. The lowest BCUT2D eigenvalue weighted by Gasteiger charge is -2.18. The van der Waals surface area contributed by atoms with Gasteiger partial charge in [0, 0.05) is 19.3 Å². The molecule has 0 radical (unpaired) electrons. The molecule has 0 saturated heterocycles. The van der Waals surface area contributed by atoms with Crippen molar-refractivity contribution in [1.29, 1.82) is 0 Å². The Morgan fingerprint density at radius 3 is 0.725 bits per heavy atom. The lowest BCUT2D eigenvalue weighted by atomic mass is 10.0. The van der Waals surface area contributed by atoms with E-state index in [1.165, 1.54) is 257 Å². The maximum atomic E-state index is 12.8. The van der Waals surface area contributed by atoms with Crippen molar-refractivity contribution in [2.75, 3.05) is 13.2 Å². The molecule has 0 aromatic heterocycles. The summed E-state index contributed by atoms with van der Waals surface area (Å²) >= 11 is 0. The van der Waals surface area contributed by atoms with Crippen molar-refractivity contribution in [3.05, 3.63) is 12.2 Å². The van der Waals surface area contributed by atoms with Crippen molar-refractivity contribution in [2.24, 2.45) is 0 Å². The molecule has 6 heteroatoms. The smallest absolute Gasteiger partial charge is 0.306 e. The van der Waals surface area contributed by atoms with Gasteiger partial charge in [-0.15, -0.1) is 0 Å². The van der Waals surface area contributed by atoms with Crippen LogP contribution in [0.1, 0.15) is 355 Å². The summed E-state index contributed by atoms with van der Waals surface area (Å²) in [6.45, 7) is 6.64. The van der Waals surface area contributed by atoms with Crippen LogP contribution in [0.15, 0.2) is 12.2 Å². The molecule has 408 valence electrons. The Balaban J connectivity index is 4.00. The topological polar surface area (TPSA) is 78.9 Å². The second kappa shape index (κ2) is 58.7. The average molecular weight is 974 g/mol. The molecule has 0 heterocycles. The number of carbonyl (C=O) groups is 3. The molecule has 0 aliphatic heterocycles. The molecule has 0 spiro atoms. The predicted octanol–water partition coefficient (Wildman–Crippen LogP) is 20.9. The molecule has 0 aliphatic carbocycles. The molecule has 6 nitrogen and oxygen atoms in total. The molecular weight excluding hydrogens is 853 g/mol. The average Bonchev–Trinajstić information content (AvgIpc) is 3.35. The summed E-state index contributed by atoms with van der Waals surface area (Å²) in [5.41, 5.74) is 0. The SMILES string of the molecule is CCCCCCCCCC/C=C\CCCCCCCCCCCCCCCCCC(=O)OCC(COC(=O)CCCCCCCC)OC(=O)CCCCCCCCCCCCCCCCCCCC. The van der Waals surface area contributed by atoms with Gasteiger partial charge in [0.1, 0.15) is 13.2 Å². The van der Waals surface area contributed by atoms with Gasteiger partial charge >= 0.3 is 17.9 Å². The number of ether oxygens (including phenoxy) is 3. The highest BCUT2D eigenvalue weighted by molar-refractivity contribution is 5.71. The fourth-order valence-electron chi connectivity index (χ4n) is 9.56. The number of unbranched alkanes of at least 4 members (excludes halogenated alkanes) is 45. The van der Waals surface area contributed by atoms with Gasteiger partial charge in [-0.2, -0.15) is 0 Å². The third-order valence-corrected chi connectivity index (χ3v) is 14.3. The highest BCUT2D eigenvalue weighted by Crippen LogP contribution is 2.18. The molecule has 0 saturated carbocycles. The van der Waals surface area contributed by atoms with Crippen molar-refractivity contribution in [1.82, 2.24) is 0 Å². The summed E-state index contributed by atoms with van der Waals surface area (Å²) in [4.78, 5) is 37.9. The lowest BCUT2D eigenvalue weighted by Crippen LogP contribution is -2.30. The zero-order valence-corrected chi connectivity index (χ0v) is 46.9. The molecular formula is C63H120O6. The lowest BCUT2D eigenvalue weighted by molar-refractivity contribution is -0.167. The Bertz CT molecular complexity index is 1070. The molecule has 0 rings (SSSR count). The van der Waals surface area contributed by atoms with Crippen LogP contribution in [0.3, 0.4) is 0 Å². The Morgan fingerprint density at radius 2 is 0.478 bits per heavy atom. The van der Waals surface area contributed by atoms with Crippen LogP contribution in [0.25, 0.3) is 0 Å². The van der Waals surface area contributed by atoms with Crippen molar-refractivity contribution >= 4 is 17.9 Å². The summed E-state index contributed by atoms with van der Waals surface area (Å²) in [5.74, 6) is -0.849. The van der Waals surface area contributed by atoms with Gasteiger partial charge in [0.25, 0.3) is 0 Å². The van der Waals surface area contributed by atoms with E-state index in [1.807, 2.05) is 0 Å². The highest BCUT2D eigenvalue weighted by atomic mass is 16.6. The first-order chi connectivity index (χ1) is 34.0. The van der Waals surface area contributed by atoms with Gasteiger partial charge < -0.3 is 14.2 Å². The molecule has 1 atom stereocenters. The Labute approximate surface area is 431 Å². The van der Waals surface area contributed by atoms with E-state index in [2.05, 4.69) is 32.9 Å². The Hall–Kier alpha value is -1.85. The van der Waals surface area contributed by atoms with Crippen LogP contribution in [0, 0.1) is 0 Å². The molecule has 0 bridgehead atoms. The molecule has 1 unspecified atom stereocenters. The first-order valence-corrected chi connectivity index (χ1v) is 31.2. The zero-order valence-electron chi connectivity index (χ0n) is 46.9. The van der Waals surface area contributed by atoms with Crippen LogP contribution in [0.4, 0.5) is 0 Å². The van der Waals surface area contributed by atoms with Crippen LogP contribution >= 0.6 is 0 Å². The molecule has 69 heavy (non-hydrogen) atoms. The standard InChI is InChI=1S/C63H120O6/c1-4-7-10-13-16-18-20-22-24-26-28-29-30-31-32-33-34-35-36-38-39-41-43-45-47-50-53-56-62(65)68-59-60(58-67-61(64)55-52-49-15-12-9-6-3)69-63(66)57-54-51-48-46-44-42-40-37-27-25-23-21-19-17-14-11-8-5-2/h26,28,60H,4-25,27,29-59H2,1-3H3/b28-26-. The minimum absolute atomic E-state index is 0.0642. The van der Waals surface area contributed by atoms with E-state index in [-0.39, 0.29) is 31.1 Å². The van der Waals surface area contributed by atoms with Gasteiger partial charge in [-0.05, 0) is 44.9 Å². The van der Waals surface area contributed by atoms with Crippen LogP contribution in [0.2, 0.25) is 0 Å². The van der Waals surface area contributed by atoms with Crippen LogP contribution in [-0.2, 0) is 28.6 Å². The van der Waals surface area contributed by atoms with E-state index in [0.29, 0.717) is 19.3 Å². The first kappa shape index (κ1) is 67.1. The normalized spacial score (nSPS) is 12.0. The number of carbonyl (C=O) groups excluding carboxylic acids is 3. The maximum Gasteiger partial charge on any atom is 0.306 e. The largest absolute Gasteiger partial charge is 0.462 e. The van der Waals surface area contributed by atoms with Gasteiger partial charge in [0.05, 0.1) is 0 Å². The van der Waals surface area contributed by atoms with Crippen LogP contribution in [0.5, 0.6) is 0 Å². The van der Waals surface area contributed by atoms with Crippen molar-refractivity contribution in [3.8, 4) is 0 Å². The second-order valence-electron chi connectivity index (χ2n) is 21.3. The number of allylic oxidation sites excluding steroid dienone is 2. The number of esters is 3. The molecule has 0 aromatic carbocycles. The third kappa shape index (κ3) is 56.9. The maximum absolute atomic E-state index is 12.8. The minimum Gasteiger partial charge on any atom is -0.462 e. The first-order valence-electron chi connectivity index (χ1n) is 31.2. The van der Waals surface area contributed by atoms with E-state index in [1.54, 1.807) is 0 Å². The third-order valence-electron chi connectivity index (χ3n) is 14.3. The van der Waals surface area contributed by atoms with Gasteiger partial charge in [0.15, 0.2) is 6.10 Å². The fraction of sp³-hybridized carbons (Fsp3) is 0.921. The summed E-state index contributed by atoms with van der Waals surface area (Å²) in [6.07, 6.45) is 68.3. The summed E-state index contributed by atoms with van der Waals surface area (Å²) in [5, 5.41) is 0. The summed E-state index contributed by atoms with van der Waals surface area (Å²) < 4.78 is 16.8. The highest BCUT2D eigenvalue weighted by Gasteiger charge is 2.19. The quantitative estimate of drug-likeness (QED) is 0.0261. The second-order valence-corrected chi connectivity index (χ2v) is 21.3. The van der Waals surface area contributed by atoms with E-state index >= 15 is 0 Å². The van der Waals surface area contributed by atoms with Gasteiger partial charge in [-0.1, -0.05) is 303 Å². The number of hydrogen-bond donors (Lipinski definition) is 0. The fourth-order valence-corrected chi connectivity index (χ4v) is 9.56. The zero-order chi connectivity index (χ0) is 50.0. The van der Waals surface area contributed by atoms with E-state index < -0.39 is 6.10 Å². The molecule has 0 amide bonds. The number of hydrogen-bond acceptors (Lipinski definition) is 6. The molecule has 0 fully saturated rings. The molecule has 0 N–H and O–H groups in total. The summed E-state index contributed by atoms with van der Waals surface area (Å²) in [7, 11) is 0. The molecule has 0 aromatic rings. The van der Waals surface area contributed by atoms with Gasteiger partial charge in [-0.3, -0.25) is 14.4 Å². The van der Waals surface area contributed by atoms with Crippen molar-refractivity contribution in [2.45, 2.75) is 361 Å². The van der Waals surface area contributed by atoms with Crippen LogP contribution < -0.4 is 0 Å². The monoisotopic (exact) mass is 973 g/mol. The van der Waals surface area contributed by atoms with Crippen molar-refractivity contribution < 1.29 is 28.6 Å². The van der Waals surface area contributed by atoms with Gasteiger partial charge in [-0.25, -0.2) is 0 Å². The van der Waals surface area contributed by atoms with Gasteiger partial charge in [0.2, 0.25) is 0 Å². The molecule has 0 aliphatic rings.